The zero-order chi connectivity index (χ0) is 22.4. The maximum atomic E-state index is 13.8. The molecule has 4 unspecified atom stereocenters. The highest BCUT2D eigenvalue weighted by molar-refractivity contribution is 5.65. The van der Waals surface area contributed by atoms with Crippen molar-refractivity contribution in [1.82, 2.24) is 29.2 Å². The lowest BCUT2D eigenvalue weighted by atomic mass is 10.0. The SMILES string of the molecule is COc1ccncc1-c1cn(Cc2cn3cc(CNCC4CC(F)C5CC45)ccc3n2)cn1. The molecule has 170 valence electrons. The fourth-order valence-electron chi connectivity index (χ4n) is 5.26. The molecular formula is C25H27FN6O. The summed E-state index contributed by atoms with van der Waals surface area (Å²) in [4.78, 5) is 13.4. The first-order chi connectivity index (χ1) is 16.2. The number of methoxy groups -OCH3 is 1. The largest absolute Gasteiger partial charge is 0.496 e. The van der Waals surface area contributed by atoms with Crippen LogP contribution in [0, 0.1) is 17.8 Å². The molecule has 0 bridgehead atoms. The van der Waals surface area contributed by atoms with Crippen molar-refractivity contribution in [2.45, 2.75) is 32.1 Å². The summed E-state index contributed by atoms with van der Waals surface area (Å²) in [5, 5.41) is 3.53. The van der Waals surface area contributed by atoms with E-state index in [0.29, 0.717) is 24.3 Å². The van der Waals surface area contributed by atoms with E-state index >= 15 is 0 Å². The molecule has 4 aromatic rings. The van der Waals surface area contributed by atoms with Crippen molar-refractivity contribution >= 4 is 5.65 Å². The average Bonchev–Trinajstić information content (AvgIpc) is 3.16. The Morgan fingerprint density at radius 2 is 2.09 bits per heavy atom. The van der Waals surface area contributed by atoms with Crippen molar-refractivity contribution in [1.29, 1.82) is 0 Å². The van der Waals surface area contributed by atoms with E-state index in [2.05, 4.69) is 38.1 Å². The second kappa shape index (κ2) is 8.26. The molecule has 1 N–H and O–H groups in total. The van der Waals surface area contributed by atoms with Gasteiger partial charge in [0.1, 0.15) is 17.6 Å². The first-order valence-corrected chi connectivity index (χ1v) is 11.5. The molecule has 0 radical (unpaired) electrons. The van der Waals surface area contributed by atoms with Gasteiger partial charge in [-0.25, -0.2) is 14.4 Å². The molecule has 2 fully saturated rings. The highest BCUT2D eigenvalue weighted by Crippen LogP contribution is 2.56. The number of ether oxygens (including phenoxy) is 1. The van der Waals surface area contributed by atoms with Gasteiger partial charge in [0.2, 0.25) is 0 Å². The summed E-state index contributed by atoms with van der Waals surface area (Å²) < 4.78 is 23.3. The molecule has 6 rings (SSSR count). The fraction of sp³-hybridized carbons (Fsp3) is 0.400. The molecule has 0 saturated heterocycles. The minimum Gasteiger partial charge on any atom is -0.496 e. The van der Waals surface area contributed by atoms with Crippen molar-refractivity contribution in [3.63, 3.8) is 0 Å². The first-order valence-electron chi connectivity index (χ1n) is 11.5. The second-order valence-electron chi connectivity index (χ2n) is 9.25. The second-order valence-corrected chi connectivity index (χ2v) is 9.25. The molecule has 33 heavy (non-hydrogen) atoms. The summed E-state index contributed by atoms with van der Waals surface area (Å²) in [7, 11) is 1.65. The summed E-state index contributed by atoms with van der Waals surface area (Å²) in [6.07, 6.45) is 12.7. The van der Waals surface area contributed by atoms with E-state index in [1.165, 1.54) is 5.56 Å². The quantitative estimate of drug-likeness (QED) is 0.447. The van der Waals surface area contributed by atoms with Gasteiger partial charge in [0.25, 0.3) is 0 Å². The molecule has 2 saturated carbocycles. The Morgan fingerprint density at radius 1 is 1.15 bits per heavy atom. The van der Waals surface area contributed by atoms with Crippen molar-refractivity contribution in [2.24, 2.45) is 17.8 Å². The molecule has 2 aliphatic carbocycles. The average molecular weight is 447 g/mol. The topological polar surface area (TPSA) is 69.3 Å². The van der Waals surface area contributed by atoms with Crippen LogP contribution in [0.25, 0.3) is 16.9 Å². The first kappa shape index (κ1) is 20.4. The van der Waals surface area contributed by atoms with E-state index in [-0.39, 0.29) is 0 Å². The molecule has 0 spiro atoms. The Morgan fingerprint density at radius 3 is 2.91 bits per heavy atom. The zero-order valence-electron chi connectivity index (χ0n) is 18.6. The van der Waals surface area contributed by atoms with Crippen LogP contribution < -0.4 is 10.1 Å². The van der Waals surface area contributed by atoms with Crippen LogP contribution >= 0.6 is 0 Å². The van der Waals surface area contributed by atoms with Gasteiger partial charge in [0.15, 0.2) is 0 Å². The third-order valence-electron chi connectivity index (χ3n) is 7.04. The number of pyridine rings is 2. The third-order valence-corrected chi connectivity index (χ3v) is 7.04. The number of aromatic nitrogens is 5. The standard InChI is InChI=1S/C25H27FN6O/c1-33-24-4-5-27-10-21(24)23-14-31(15-29-23)12-18-13-32-11-16(2-3-25(32)30-18)8-28-9-17-6-22(26)20-7-19(17)20/h2-5,10-11,13-15,17,19-20,22,28H,6-9,12H2,1H3. The zero-order valence-corrected chi connectivity index (χ0v) is 18.6. The summed E-state index contributed by atoms with van der Waals surface area (Å²) in [6.45, 7) is 2.31. The van der Waals surface area contributed by atoms with Gasteiger partial charge < -0.3 is 19.0 Å². The molecule has 7 nitrogen and oxygen atoms in total. The van der Waals surface area contributed by atoms with Gasteiger partial charge in [-0.2, -0.15) is 0 Å². The van der Waals surface area contributed by atoms with E-state index in [1.807, 2.05) is 22.9 Å². The third kappa shape index (κ3) is 3.99. The van der Waals surface area contributed by atoms with Gasteiger partial charge in [0.05, 0.1) is 36.9 Å². The van der Waals surface area contributed by atoms with Crippen LogP contribution in [0.15, 0.2) is 55.5 Å². The predicted octanol–water partition coefficient (Wildman–Crippen LogP) is 3.73. The van der Waals surface area contributed by atoms with Crippen molar-refractivity contribution in [2.75, 3.05) is 13.7 Å². The molecule has 0 amide bonds. The van der Waals surface area contributed by atoms with Crippen LogP contribution in [0.4, 0.5) is 4.39 Å². The van der Waals surface area contributed by atoms with Crippen molar-refractivity contribution in [3.8, 4) is 17.0 Å². The van der Waals surface area contributed by atoms with Crippen LogP contribution in [0.1, 0.15) is 24.1 Å². The lowest BCUT2D eigenvalue weighted by molar-refractivity contribution is 0.286. The van der Waals surface area contributed by atoms with E-state index < -0.39 is 6.17 Å². The number of alkyl halides is 1. The number of imidazole rings is 2. The lowest BCUT2D eigenvalue weighted by Gasteiger charge is -2.13. The summed E-state index contributed by atoms with van der Waals surface area (Å²) in [5.41, 5.74) is 4.75. The highest BCUT2D eigenvalue weighted by atomic mass is 19.1. The predicted molar refractivity (Wildman–Crippen MR) is 123 cm³/mol. The molecule has 8 heteroatoms. The molecule has 0 aliphatic heterocycles. The molecular weight excluding hydrogens is 419 g/mol. The minimum atomic E-state index is -0.569. The van der Waals surface area contributed by atoms with Crippen LogP contribution in [-0.4, -0.2) is 43.7 Å². The minimum absolute atomic E-state index is 0.357. The number of hydrogen-bond donors (Lipinski definition) is 1. The fourth-order valence-corrected chi connectivity index (χ4v) is 5.26. The Kier molecular flexibility index (Phi) is 5.10. The van der Waals surface area contributed by atoms with E-state index in [4.69, 9.17) is 9.72 Å². The van der Waals surface area contributed by atoms with E-state index in [0.717, 1.165) is 54.3 Å². The summed E-state index contributed by atoms with van der Waals surface area (Å²) in [6, 6.07) is 5.98. The van der Waals surface area contributed by atoms with Crippen LogP contribution in [0.3, 0.4) is 0 Å². The van der Waals surface area contributed by atoms with Gasteiger partial charge in [-0.15, -0.1) is 0 Å². The Labute approximate surface area is 191 Å². The molecule has 0 aromatic carbocycles. The highest BCUT2D eigenvalue weighted by Gasteiger charge is 2.54. The lowest BCUT2D eigenvalue weighted by Crippen LogP contribution is -2.23. The van der Waals surface area contributed by atoms with Crippen molar-refractivity contribution < 1.29 is 9.13 Å². The Hall–Kier alpha value is -3.26. The maximum Gasteiger partial charge on any atom is 0.137 e. The van der Waals surface area contributed by atoms with Crippen molar-refractivity contribution in [3.05, 3.63) is 66.8 Å². The van der Waals surface area contributed by atoms with Crippen LogP contribution in [-0.2, 0) is 13.1 Å². The van der Waals surface area contributed by atoms with Gasteiger partial charge in [0, 0.05) is 37.5 Å². The molecule has 2 aliphatic rings. The van der Waals surface area contributed by atoms with Crippen LogP contribution in [0.5, 0.6) is 5.75 Å². The van der Waals surface area contributed by atoms with Gasteiger partial charge in [-0.05, 0) is 54.8 Å². The maximum absolute atomic E-state index is 13.8. The molecule has 4 aromatic heterocycles. The van der Waals surface area contributed by atoms with E-state index in [1.54, 1.807) is 25.8 Å². The number of fused-ring (bicyclic) bond motifs is 2. The van der Waals surface area contributed by atoms with Gasteiger partial charge >= 0.3 is 0 Å². The van der Waals surface area contributed by atoms with Gasteiger partial charge in [-0.1, -0.05) is 6.07 Å². The number of nitrogens with zero attached hydrogens (tertiary/aromatic N) is 5. The molecule has 4 atom stereocenters. The summed E-state index contributed by atoms with van der Waals surface area (Å²) >= 11 is 0. The Bertz CT molecular complexity index is 1280. The Balaban J connectivity index is 1.11. The smallest absolute Gasteiger partial charge is 0.137 e. The number of halogens is 1. The number of nitrogens with one attached hydrogen (secondary N) is 1. The van der Waals surface area contributed by atoms with Gasteiger partial charge in [-0.3, -0.25) is 4.98 Å². The monoisotopic (exact) mass is 446 g/mol. The molecule has 4 heterocycles. The summed E-state index contributed by atoms with van der Waals surface area (Å²) in [5.74, 6) is 2.23. The van der Waals surface area contributed by atoms with E-state index in [9.17, 15) is 4.39 Å². The normalized spacial score (nSPS) is 23.7. The number of rotatable bonds is 8. The van der Waals surface area contributed by atoms with Crippen LogP contribution in [0.2, 0.25) is 0 Å². The number of hydrogen-bond acceptors (Lipinski definition) is 5.